The van der Waals surface area contributed by atoms with Crippen LogP contribution in [0.25, 0.3) is 33.5 Å². The molecule has 3 heterocycles. The summed E-state index contributed by atoms with van der Waals surface area (Å²) in [4.78, 5) is 9.71. The normalized spacial score (nSPS) is 13.1. The minimum absolute atomic E-state index is 0.732. The van der Waals surface area contributed by atoms with Crippen molar-refractivity contribution in [3.05, 3.63) is 121 Å². The van der Waals surface area contributed by atoms with Crippen LogP contribution < -0.4 is 14.5 Å². The molecule has 0 atom stereocenters. The third kappa shape index (κ3) is 3.31. The standard InChI is InChI=1S/C33H25N5O/c1-35-22-36(27-16-6-5-15-26(27)35)24-13-9-14-25(21-24)39-31-20-10-19-30-32(31)34-33-37(23-11-3-2-4-12-23)28-17-7-8-18-29(28)38(30)33/h2-21H,22H2,1H3. The number of hydrogen-bond donors (Lipinski definition) is 0. The molecule has 6 heteroatoms. The number of para-hydroxylation sites is 6. The summed E-state index contributed by atoms with van der Waals surface area (Å²) in [7, 11) is 2.12. The van der Waals surface area contributed by atoms with Crippen LogP contribution in [0.5, 0.6) is 11.5 Å². The van der Waals surface area contributed by atoms with Crippen LogP contribution in [0.3, 0.4) is 0 Å². The van der Waals surface area contributed by atoms with E-state index in [0.29, 0.717) is 0 Å². The van der Waals surface area contributed by atoms with Crippen molar-refractivity contribution >= 4 is 44.9 Å². The van der Waals surface area contributed by atoms with Crippen molar-refractivity contribution < 1.29 is 4.74 Å². The van der Waals surface area contributed by atoms with Crippen LogP contribution in [0, 0.1) is 0 Å². The Hall–Kier alpha value is -5.23. The number of aromatic nitrogens is 3. The number of imidazole rings is 2. The second-order valence-electron chi connectivity index (χ2n) is 9.89. The van der Waals surface area contributed by atoms with E-state index in [1.165, 1.54) is 11.4 Å². The average Bonchev–Trinajstić information content (AvgIpc) is 3.63. The van der Waals surface area contributed by atoms with Gasteiger partial charge in [0.05, 0.1) is 34.6 Å². The van der Waals surface area contributed by atoms with Crippen molar-refractivity contribution in [3.8, 4) is 17.2 Å². The molecule has 0 radical (unpaired) electrons. The first-order valence-electron chi connectivity index (χ1n) is 13.1. The predicted molar refractivity (Wildman–Crippen MR) is 158 cm³/mol. The Bertz CT molecular complexity index is 2010. The van der Waals surface area contributed by atoms with Crippen LogP contribution in [0.4, 0.5) is 17.1 Å². The summed E-state index contributed by atoms with van der Waals surface area (Å²) in [6.45, 7) is 0.793. The topological polar surface area (TPSA) is 37.9 Å². The van der Waals surface area contributed by atoms with Crippen molar-refractivity contribution in [2.75, 3.05) is 23.5 Å². The zero-order chi connectivity index (χ0) is 25.9. The molecule has 0 saturated carbocycles. The molecule has 1 aliphatic rings. The molecule has 5 aromatic carbocycles. The molecular formula is C33H25N5O. The van der Waals surface area contributed by atoms with Gasteiger partial charge in [-0.1, -0.05) is 54.6 Å². The first kappa shape index (κ1) is 21.8. The molecule has 0 aliphatic carbocycles. The molecule has 6 nitrogen and oxygen atoms in total. The molecule has 7 aromatic rings. The number of fused-ring (bicyclic) bond motifs is 6. The van der Waals surface area contributed by atoms with E-state index in [4.69, 9.17) is 9.72 Å². The van der Waals surface area contributed by atoms with E-state index < -0.39 is 0 Å². The SMILES string of the molecule is CN1CN(c2cccc(Oc3cccc4c3nc3n(-c5ccccc5)c5ccccc5n43)c2)c2ccccc21. The van der Waals surface area contributed by atoms with E-state index in [-0.39, 0.29) is 0 Å². The molecular weight excluding hydrogens is 482 g/mol. The van der Waals surface area contributed by atoms with Crippen LogP contribution in [0.15, 0.2) is 121 Å². The zero-order valence-corrected chi connectivity index (χ0v) is 21.4. The Labute approximate surface area is 225 Å². The maximum atomic E-state index is 6.54. The number of anilines is 3. The fraction of sp³-hybridized carbons (Fsp3) is 0.0606. The molecule has 0 unspecified atom stereocenters. The third-order valence-corrected chi connectivity index (χ3v) is 7.50. The van der Waals surface area contributed by atoms with Gasteiger partial charge in [-0.2, -0.15) is 0 Å². The highest BCUT2D eigenvalue weighted by Gasteiger charge is 2.24. The molecule has 0 N–H and O–H groups in total. The Morgan fingerprint density at radius 3 is 2.21 bits per heavy atom. The van der Waals surface area contributed by atoms with Gasteiger partial charge in [-0.3, -0.25) is 8.97 Å². The number of ether oxygens (including phenoxy) is 1. The highest BCUT2D eigenvalue weighted by atomic mass is 16.5. The lowest BCUT2D eigenvalue weighted by molar-refractivity contribution is 0.487. The summed E-state index contributed by atoms with van der Waals surface area (Å²) < 4.78 is 11.0. The van der Waals surface area contributed by atoms with Gasteiger partial charge in [0.1, 0.15) is 11.3 Å². The smallest absolute Gasteiger partial charge is 0.220 e. The summed E-state index contributed by atoms with van der Waals surface area (Å²) >= 11 is 0. The van der Waals surface area contributed by atoms with E-state index in [1.807, 2.05) is 30.3 Å². The minimum Gasteiger partial charge on any atom is -0.455 e. The number of rotatable bonds is 4. The van der Waals surface area contributed by atoms with Gasteiger partial charge in [-0.05, 0) is 60.7 Å². The molecule has 0 bridgehead atoms. The van der Waals surface area contributed by atoms with Crippen LogP contribution in [-0.4, -0.2) is 27.7 Å². The van der Waals surface area contributed by atoms with Gasteiger partial charge < -0.3 is 14.5 Å². The summed E-state index contributed by atoms with van der Waals surface area (Å²) in [5.41, 5.74) is 8.66. The first-order valence-corrected chi connectivity index (χ1v) is 13.1. The quantitative estimate of drug-likeness (QED) is 0.244. The molecule has 0 amide bonds. The lowest BCUT2D eigenvalue weighted by Gasteiger charge is -2.20. The molecule has 1 aliphatic heterocycles. The highest BCUT2D eigenvalue weighted by Crippen LogP contribution is 2.41. The van der Waals surface area contributed by atoms with E-state index in [2.05, 4.69) is 117 Å². The predicted octanol–water partition coefficient (Wildman–Crippen LogP) is 7.77. The van der Waals surface area contributed by atoms with Gasteiger partial charge in [0.2, 0.25) is 5.78 Å². The minimum atomic E-state index is 0.732. The Morgan fingerprint density at radius 1 is 0.641 bits per heavy atom. The van der Waals surface area contributed by atoms with Gasteiger partial charge >= 0.3 is 0 Å². The zero-order valence-electron chi connectivity index (χ0n) is 21.4. The maximum absolute atomic E-state index is 6.54. The third-order valence-electron chi connectivity index (χ3n) is 7.50. The molecule has 39 heavy (non-hydrogen) atoms. The molecule has 0 saturated heterocycles. The monoisotopic (exact) mass is 507 g/mol. The summed E-state index contributed by atoms with van der Waals surface area (Å²) in [6, 6.07) is 41.7. The Morgan fingerprint density at radius 2 is 1.33 bits per heavy atom. The van der Waals surface area contributed by atoms with Gasteiger partial charge in [0.25, 0.3) is 0 Å². The van der Waals surface area contributed by atoms with Crippen molar-refractivity contribution in [2.45, 2.75) is 0 Å². The maximum Gasteiger partial charge on any atom is 0.220 e. The Balaban J connectivity index is 1.25. The van der Waals surface area contributed by atoms with Crippen molar-refractivity contribution in [1.82, 2.24) is 14.0 Å². The van der Waals surface area contributed by atoms with E-state index in [1.54, 1.807) is 0 Å². The number of hydrogen-bond acceptors (Lipinski definition) is 4. The van der Waals surface area contributed by atoms with Crippen LogP contribution in [-0.2, 0) is 0 Å². The van der Waals surface area contributed by atoms with E-state index >= 15 is 0 Å². The first-order chi connectivity index (χ1) is 19.3. The lowest BCUT2D eigenvalue weighted by atomic mass is 10.2. The largest absolute Gasteiger partial charge is 0.455 e. The van der Waals surface area contributed by atoms with Crippen LogP contribution in [0.2, 0.25) is 0 Å². The highest BCUT2D eigenvalue weighted by molar-refractivity contribution is 5.94. The van der Waals surface area contributed by atoms with Gasteiger partial charge in [0, 0.05) is 24.5 Å². The number of benzene rings is 5. The van der Waals surface area contributed by atoms with Gasteiger partial charge in [-0.25, -0.2) is 4.98 Å². The molecule has 8 rings (SSSR count). The summed E-state index contributed by atoms with van der Waals surface area (Å²) in [5, 5.41) is 0. The molecule has 2 aromatic heterocycles. The van der Waals surface area contributed by atoms with Crippen molar-refractivity contribution in [1.29, 1.82) is 0 Å². The molecule has 0 fully saturated rings. The fourth-order valence-electron chi connectivity index (χ4n) is 5.76. The molecule has 0 spiro atoms. The van der Waals surface area contributed by atoms with Crippen molar-refractivity contribution in [2.24, 2.45) is 0 Å². The second-order valence-corrected chi connectivity index (χ2v) is 9.89. The van der Waals surface area contributed by atoms with Crippen molar-refractivity contribution in [3.63, 3.8) is 0 Å². The molecule has 188 valence electrons. The Kier molecular flexibility index (Phi) is 4.70. The van der Waals surface area contributed by atoms with Gasteiger partial charge in [-0.15, -0.1) is 0 Å². The summed E-state index contributed by atoms with van der Waals surface area (Å²) in [6.07, 6.45) is 0. The number of nitrogens with zero attached hydrogens (tertiary/aromatic N) is 5. The fourth-order valence-corrected chi connectivity index (χ4v) is 5.76. The van der Waals surface area contributed by atoms with Crippen LogP contribution >= 0.6 is 0 Å². The average molecular weight is 508 g/mol. The summed E-state index contributed by atoms with van der Waals surface area (Å²) in [5.74, 6) is 2.37. The van der Waals surface area contributed by atoms with Crippen LogP contribution in [0.1, 0.15) is 0 Å². The van der Waals surface area contributed by atoms with E-state index in [9.17, 15) is 0 Å². The lowest BCUT2D eigenvalue weighted by Crippen LogP contribution is -2.23. The van der Waals surface area contributed by atoms with Gasteiger partial charge in [0.15, 0.2) is 5.75 Å². The second kappa shape index (κ2) is 8.39. The van der Waals surface area contributed by atoms with E-state index in [0.717, 1.165) is 57.4 Å².